The zero-order chi connectivity index (χ0) is 15.6. The normalized spacial score (nSPS) is 16.7. The van der Waals surface area contributed by atoms with Gasteiger partial charge < -0.3 is 10.1 Å². The number of rotatable bonds is 4. The molecule has 1 aliphatic rings. The van der Waals surface area contributed by atoms with E-state index >= 15 is 0 Å². The summed E-state index contributed by atoms with van der Waals surface area (Å²) in [7, 11) is -2.38. The Morgan fingerprint density at radius 1 is 1.33 bits per heavy atom. The molecule has 1 aromatic rings. The summed E-state index contributed by atoms with van der Waals surface area (Å²) in [5, 5.41) is 3.41. The molecule has 2 rings (SSSR count). The van der Waals surface area contributed by atoms with Crippen molar-refractivity contribution in [2.24, 2.45) is 0 Å². The van der Waals surface area contributed by atoms with Crippen molar-refractivity contribution in [3.8, 4) is 0 Å². The number of hydrogen-bond acceptors (Lipinski definition) is 6. The fraction of sp³-hybridized carbons (Fsp3) is 0.583. The maximum atomic E-state index is 12.4. The lowest BCUT2D eigenvalue weighted by molar-refractivity contribution is 0.0601. The maximum Gasteiger partial charge on any atom is 0.341 e. The lowest BCUT2D eigenvalue weighted by Gasteiger charge is -2.26. The van der Waals surface area contributed by atoms with Crippen molar-refractivity contribution < 1.29 is 17.9 Å². The summed E-state index contributed by atoms with van der Waals surface area (Å²) in [6.07, 6.45) is 0. The Labute approximate surface area is 128 Å². The fourth-order valence-corrected chi connectivity index (χ4v) is 4.62. The van der Waals surface area contributed by atoms with Crippen LogP contribution in [0.5, 0.6) is 0 Å². The van der Waals surface area contributed by atoms with Gasteiger partial charge in [0.25, 0.3) is 0 Å². The van der Waals surface area contributed by atoms with Gasteiger partial charge in [-0.05, 0) is 19.4 Å². The number of piperazine rings is 1. The van der Waals surface area contributed by atoms with Crippen LogP contribution in [-0.4, -0.2) is 52.0 Å². The molecular weight excluding hydrogens is 314 g/mol. The highest BCUT2D eigenvalue weighted by atomic mass is 32.2. The number of methoxy groups -OCH3 is 1. The lowest BCUT2D eigenvalue weighted by Crippen LogP contribution is -2.48. The molecule has 1 aliphatic heterocycles. The summed E-state index contributed by atoms with van der Waals surface area (Å²) in [5.74, 6) is -0.533. The Hall–Kier alpha value is -1.16. The topological polar surface area (TPSA) is 87.7 Å². The molecule has 118 valence electrons. The standard InChI is InChI=1S/C12H19N3O4S2/c1-8-9(2)20-11(10(8)12(16)19-3)14-21(17,18)15-6-4-13-5-7-15/h13-14H,4-7H2,1-3H3. The van der Waals surface area contributed by atoms with E-state index in [-0.39, 0.29) is 0 Å². The van der Waals surface area contributed by atoms with Crippen LogP contribution >= 0.6 is 11.3 Å². The van der Waals surface area contributed by atoms with Gasteiger partial charge in [-0.15, -0.1) is 11.3 Å². The second-order valence-electron chi connectivity index (χ2n) is 4.74. The zero-order valence-electron chi connectivity index (χ0n) is 12.2. The predicted octanol–water partition coefficient (Wildman–Crippen LogP) is 0.713. The van der Waals surface area contributed by atoms with Gasteiger partial charge in [-0.25, -0.2) is 4.79 Å². The Morgan fingerprint density at radius 2 is 1.95 bits per heavy atom. The van der Waals surface area contributed by atoms with Crippen molar-refractivity contribution in [1.82, 2.24) is 9.62 Å². The van der Waals surface area contributed by atoms with Gasteiger partial charge in [-0.1, -0.05) is 0 Å². The van der Waals surface area contributed by atoms with Crippen LogP contribution in [0.3, 0.4) is 0 Å². The monoisotopic (exact) mass is 333 g/mol. The average Bonchev–Trinajstić information content (AvgIpc) is 2.73. The summed E-state index contributed by atoms with van der Waals surface area (Å²) in [6, 6.07) is 0. The number of anilines is 1. The van der Waals surface area contributed by atoms with E-state index in [1.807, 2.05) is 6.92 Å². The lowest BCUT2D eigenvalue weighted by atomic mass is 10.2. The van der Waals surface area contributed by atoms with E-state index in [4.69, 9.17) is 4.74 Å². The molecule has 1 saturated heterocycles. The van der Waals surface area contributed by atoms with Crippen molar-refractivity contribution in [1.29, 1.82) is 0 Å². The first-order valence-electron chi connectivity index (χ1n) is 6.53. The molecule has 0 radical (unpaired) electrons. The van der Waals surface area contributed by atoms with Crippen molar-refractivity contribution in [2.75, 3.05) is 38.0 Å². The summed E-state index contributed by atoms with van der Waals surface area (Å²) in [5.41, 5.74) is 1.03. The molecule has 0 saturated carbocycles. The SMILES string of the molecule is COC(=O)c1c(NS(=O)(=O)N2CCNCC2)sc(C)c1C. The Kier molecular flexibility index (Phi) is 4.87. The molecule has 2 heterocycles. The first kappa shape index (κ1) is 16.2. The number of nitrogens with zero attached hydrogens (tertiary/aromatic N) is 1. The molecule has 1 fully saturated rings. The van der Waals surface area contributed by atoms with Gasteiger partial charge in [-0.2, -0.15) is 12.7 Å². The second-order valence-corrected chi connectivity index (χ2v) is 7.63. The van der Waals surface area contributed by atoms with E-state index in [2.05, 4.69) is 10.0 Å². The Balaban J connectivity index is 2.30. The third kappa shape index (κ3) is 3.37. The van der Waals surface area contributed by atoms with Gasteiger partial charge in [-0.3, -0.25) is 4.72 Å². The number of ether oxygens (including phenoxy) is 1. The first-order valence-corrected chi connectivity index (χ1v) is 8.79. The van der Waals surface area contributed by atoms with E-state index in [0.29, 0.717) is 36.7 Å². The molecule has 0 unspecified atom stereocenters. The number of carbonyl (C=O) groups excluding carboxylic acids is 1. The number of nitrogens with one attached hydrogen (secondary N) is 2. The van der Waals surface area contributed by atoms with E-state index < -0.39 is 16.2 Å². The van der Waals surface area contributed by atoms with Crippen molar-refractivity contribution in [3.63, 3.8) is 0 Å². The molecule has 0 bridgehead atoms. The minimum absolute atomic E-state index is 0.290. The van der Waals surface area contributed by atoms with Crippen molar-refractivity contribution in [3.05, 3.63) is 16.0 Å². The van der Waals surface area contributed by atoms with E-state index in [1.54, 1.807) is 6.92 Å². The Bertz CT molecular complexity index is 633. The molecule has 2 N–H and O–H groups in total. The Morgan fingerprint density at radius 3 is 2.52 bits per heavy atom. The number of thiophene rings is 1. The second kappa shape index (κ2) is 6.30. The highest BCUT2D eigenvalue weighted by Gasteiger charge is 2.28. The van der Waals surface area contributed by atoms with E-state index in [1.165, 1.54) is 22.8 Å². The van der Waals surface area contributed by atoms with Gasteiger partial charge in [0.2, 0.25) is 0 Å². The molecule has 0 atom stereocenters. The summed E-state index contributed by atoms with van der Waals surface area (Å²) in [4.78, 5) is 12.7. The van der Waals surface area contributed by atoms with Crippen molar-refractivity contribution in [2.45, 2.75) is 13.8 Å². The number of hydrogen-bond donors (Lipinski definition) is 2. The van der Waals surface area contributed by atoms with Gasteiger partial charge in [0.05, 0.1) is 12.7 Å². The molecule has 1 aromatic heterocycles. The smallest absolute Gasteiger partial charge is 0.341 e. The van der Waals surface area contributed by atoms with Crippen LogP contribution in [0, 0.1) is 13.8 Å². The van der Waals surface area contributed by atoms with Crippen LogP contribution < -0.4 is 10.0 Å². The minimum atomic E-state index is -3.66. The van der Waals surface area contributed by atoms with E-state index in [9.17, 15) is 13.2 Å². The summed E-state index contributed by atoms with van der Waals surface area (Å²) in [6.45, 7) is 5.68. The quantitative estimate of drug-likeness (QED) is 0.793. The highest BCUT2D eigenvalue weighted by molar-refractivity contribution is 7.90. The number of carbonyl (C=O) groups is 1. The summed E-state index contributed by atoms with van der Waals surface area (Å²) < 4.78 is 33.4. The number of esters is 1. The van der Waals surface area contributed by atoms with Gasteiger partial charge >= 0.3 is 16.2 Å². The molecule has 0 spiro atoms. The largest absolute Gasteiger partial charge is 0.465 e. The van der Waals surface area contributed by atoms with Crippen LogP contribution in [0.25, 0.3) is 0 Å². The van der Waals surface area contributed by atoms with Gasteiger partial charge in [0.1, 0.15) is 5.00 Å². The van der Waals surface area contributed by atoms with Crippen LogP contribution in [0.2, 0.25) is 0 Å². The average molecular weight is 333 g/mol. The fourth-order valence-electron chi connectivity index (χ4n) is 2.11. The van der Waals surface area contributed by atoms with Crippen LogP contribution in [0.1, 0.15) is 20.8 Å². The molecule has 0 aliphatic carbocycles. The first-order chi connectivity index (χ1) is 9.86. The molecule has 0 amide bonds. The molecule has 9 heteroatoms. The third-order valence-corrected chi connectivity index (χ3v) is 6.17. The molecule has 21 heavy (non-hydrogen) atoms. The van der Waals surface area contributed by atoms with Crippen LogP contribution in [0.15, 0.2) is 0 Å². The highest BCUT2D eigenvalue weighted by Crippen LogP contribution is 2.33. The third-order valence-electron chi connectivity index (χ3n) is 3.41. The maximum absolute atomic E-state index is 12.4. The van der Waals surface area contributed by atoms with Crippen LogP contribution in [-0.2, 0) is 14.9 Å². The molecule has 0 aromatic carbocycles. The number of aryl methyl sites for hydroxylation is 1. The molecular formula is C12H19N3O4S2. The van der Waals surface area contributed by atoms with E-state index in [0.717, 1.165) is 10.4 Å². The van der Waals surface area contributed by atoms with Crippen molar-refractivity contribution >= 4 is 32.5 Å². The minimum Gasteiger partial charge on any atom is -0.465 e. The van der Waals surface area contributed by atoms with Crippen LogP contribution in [0.4, 0.5) is 5.00 Å². The van der Waals surface area contributed by atoms with Gasteiger partial charge in [0, 0.05) is 31.1 Å². The predicted molar refractivity (Wildman–Crippen MR) is 82.1 cm³/mol. The summed E-state index contributed by atoms with van der Waals surface area (Å²) >= 11 is 1.24. The zero-order valence-corrected chi connectivity index (χ0v) is 13.9. The van der Waals surface area contributed by atoms with Gasteiger partial charge in [0.15, 0.2) is 0 Å². The molecule has 7 nitrogen and oxygen atoms in total.